The lowest BCUT2D eigenvalue weighted by molar-refractivity contribution is 0.305. The van der Waals surface area contributed by atoms with Gasteiger partial charge < -0.3 is 4.74 Å². The van der Waals surface area contributed by atoms with E-state index < -0.39 is 0 Å². The molecule has 0 N–H and O–H groups in total. The summed E-state index contributed by atoms with van der Waals surface area (Å²) < 4.78 is 6.71. The molecule has 0 aliphatic heterocycles. The highest BCUT2D eigenvalue weighted by atomic mass is 79.9. The van der Waals surface area contributed by atoms with Crippen LogP contribution < -0.4 is 4.74 Å². The van der Waals surface area contributed by atoms with Crippen LogP contribution in [0, 0.1) is 6.92 Å². The van der Waals surface area contributed by atoms with Crippen LogP contribution >= 0.6 is 15.9 Å². The third-order valence-corrected chi connectivity index (χ3v) is 3.13. The number of ether oxygens (including phenoxy) is 1. The molecule has 16 heavy (non-hydrogen) atoms. The Morgan fingerprint density at radius 3 is 2.88 bits per heavy atom. The molecule has 2 rings (SSSR count). The Labute approximate surface area is 103 Å². The molecule has 0 atom stereocenters. The molecule has 1 aromatic carbocycles. The predicted molar refractivity (Wildman–Crippen MR) is 67.4 cm³/mol. The Bertz CT molecular complexity index is 471. The summed E-state index contributed by atoms with van der Waals surface area (Å²) >= 11 is 3.50. The largest absolute Gasteiger partial charge is 0.487 e. The van der Waals surface area contributed by atoms with Crippen molar-refractivity contribution in [1.29, 1.82) is 0 Å². The molecule has 0 spiro atoms. The Kier molecular flexibility index (Phi) is 3.57. The fraction of sp³-hybridized carbons (Fsp3) is 0.154. The van der Waals surface area contributed by atoms with E-state index in [0.29, 0.717) is 6.61 Å². The molecule has 0 saturated carbocycles. The first-order valence-electron chi connectivity index (χ1n) is 5.03. The van der Waals surface area contributed by atoms with E-state index in [1.807, 2.05) is 12.1 Å². The molecule has 0 radical (unpaired) electrons. The molecule has 0 bridgehead atoms. The Balaban J connectivity index is 2.03. The lowest BCUT2D eigenvalue weighted by Crippen LogP contribution is -1.95. The quantitative estimate of drug-likeness (QED) is 0.853. The van der Waals surface area contributed by atoms with E-state index in [1.165, 1.54) is 5.56 Å². The van der Waals surface area contributed by atoms with Crippen LogP contribution in [0.5, 0.6) is 5.75 Å². The van der Waals surface area contributed by atoms with Crippen LogP contribution in [0.2, 0.25) is 0 Å². The van der Waals surface area contributed by atoms with Gasteiger partial charge >= 0.3 is 0 Å². The third-order valence-electron chi connectivity index (χ3n) is 2.28. The molecule has 3 heteroatoms. The second-order valence-corrected chi connectivity index (χ2v) is 4.42. The first-order valence-corrected chi connectivity index (χ1v) is 5.83. The molecule has 0 aliphatic carbocycles. The third kappa shape index (κ3) is 2.83. The van der Waals surface area contributed by atoms with Crippen LogP contribution in [0.4, 0.5) is 0 Å². The Hall–Kier alpha value is -1.35. The number of hydrogen-bond donors (Lipinski definition) is 0. The highest BCUT2D eigenvalue weighted by molar-refractivity contribution is 9.10. The van der Waals surface area contributed by atoms with Crippen LogP contribution in [-0.2, 0) is 6.61 Å². The number of aromatic nitrogens is 1. The number of rotatable bonds is 3. The molecule has 82 valence electrons. The lowest BCUT2D eigenvalue weighted by Gasteiger charge is -2.06. The zero-order valence-electron chi connectivity index (χ0n) is 8.98. The number of halogens is 1. The Morgan fingerprint density at radius 1 is 1.31 bits per heavy atom. The van der Waals surface area contributed by atoms with Crippen molar-refractivity contribution in [2.75, 3.05) is 0 Å². The average molecular weight is 278 g/mol. The molecule has 1 aromatic heterocycles. The summed E-state index contributed by atoms with van der Waals surface area (Å²) in [5, 5.41) is 0. The Morgan fingerprint density at radius 2 is 2.19 bits per heavy atom. The van der Waals surface area contributed by atoms with E-state index >= 15 is 0 Å². The minimum atomic E-state index is 0.560. The molecular weight excluding hydrogens is 266 g/mol. The maximum absolute atomic E-state index is 5.60. The van der Waals surface area contributed by atoms with E-state index in [4.69, 9.17) is 4.74 Å². The molecule has 0 fully saturated rings. The molecule has 0 amide bonds. The molecule has 1 heterocycles. The number of benzene rings is 1. The van der Waals surface area contributed by atoms with E-state index in [9.17, 15) is 0 Å². The van der Waals surface area contributed by atoms with Gasteiger partial charge in [-0.3, -0.25) is 4.98 Å². The lowest BCUT2D eigenvalue weighted by atomic mass is 10.2. The van der Waals surface area contributed by atoms with Gasteiger partial charge in [0.2, 0.25) is 0 Å². The van der Waals surface area contributed by atoms with Crippen molar-refractivity contribution in [3.05, 3.63) is 58.3 Å². The van der Waals surface area contributed by atoms with E-state index in [0.717, 1.165) is 15.8 Å². The zero-order chi connectivity index (χ0) is 11.4. The van der Waals surface area contributed by atoms with Crippen molar-refractivity contribution in [3.8, 4) is 5.75 Å². The van der Waals surface area contributed by atoms with Gasteiger partial charge in [0.15, 0.2) is 0 Å². The summed E-state index contributed by atoms with van der Waals surface area (Å²) in [6.07, 6.45) is 3.44. The van der Waals surface area contributed by atoms with E-state index in [2.05, 4.69) is 46.0 Å². The molecule has 0 aliphatic rings. The number of hydrogen-bond acceptors (Lipinski definition) is 2. The van der Waals surface area contributed by atoms with Crippen molar-refractivity contribution in [2.45, 2.75) is 13.5 Å². The van der Waals surface area contributed by atoms with Crippen molar-refractivity contribution < 1.29 is 4.74 Å². The van der Waals surface area contributed by atoms with Gasteiger partial charge in [-0.2, -0.15) is 0 Å². The minimum absolute atomic E-state index is 0.560. The SMILES string of the molecule is Cc1ccc(COc2cccnc2)cc1Br. The van der Waals surface area contributed by atoms with Gasteiger partial charge in [-0.25, -0.2) is 0 Å². The van der Waals surface area contributed by atoms with Crippen molar-refractivity contribution >= 4 is 15.9 Å². The van der Waals surface area contributed by atoms with E-state index in [-0.39, 0.29) is 0 Å². The molecular formula is C13H12BrNO. The van der Waals surface area contributed by atoms with Crippen LogP contribution in [0.3, 0.4) is 0 Å². The maximum Gasteiger partial charge on any atom is 0.138 e. The second kappa shape index (κ2) is 5.12. The van der Waals surface area contributed by atoms with Crippen LogP contribution in [0.1, 0.15) is 11.1 Å². The minimum Gasteiger partial charge on any atom is -0.487 e. The van der Waals surface area contributed by atoms with Crippen LogP contribution in [0.25, 0.3) is 0 Å². The van der Waals surface area contributed by atoms with Crippen molar-refractivity contribution in [1.82, 2.24) is 4.98 Å². The number of nitrogens with zero attached hydrogens (tertiary/aromatic N) is 1. The number of pyridine rings is 1. The average Bonchev–Trinajstić information content (AvgIpc) is 2.32. The zero-order valence-corrected chi connectivity index (χ0v) is 10.6. The first-order chi connectivity index (χ1) is 7.75. The highest BCUT2D eigenvalue weighted by Gasteiger charge is 1.99. The van der Waals surface area contributed by atoms with Gasteiger partial charge in [0.1, 0.15) is 12.4 Å². The monoisotopic (exact) mass is 277 g/mol. The van der Waals surface area contributed by atoms with Gasteiger partial charge in [0.05, 0.1) is 6.20 Å². The van der Waals surface area contributed by atoms with Gasteiger partial charge in [0.25, 0.3) is 0 Å². The fourth-order valence-corrected chi connectivity index (χ4v) is 1.75. The summed E-state index contributed by atoms with van der Waals surface area (Å²) in [5.41, 5.74) is 2.37. The topological polar surface area (TPSA) is 22.1 Å². The van der Waals surface area contributed by atoms with E-state index in [1.54, 1.807) is 12.4 Å². The summed E-state index contributed by atoms with van der Waals surface area (Å²) in [6.45, 7) is 2.63. The summed E-state index contributed by atoms with van der Waals surface area (Å²) in [5.74, 6) is 0.791. The number of aryl methyl sites for hydroxylation is 1. The van der Waals surface area contributed by atoms with Crippen molar-refractivity contribution in [2.24, 2.45) is 0 Å². The summed E-state index contributed by atoms with van der Waals surface area (Å²) in [4.78, 5) is 3.99. The second-order valence-electron chi connectivity index (χ2n) is 3.56. The van der Waals surface area contributed by atoms with Crippen molar-refractivity contribution in [3.63, 3.8) is 0 Å². The first kappa shape index (κ1) is 11.1. The van der Waals surface area contributed by atoms with Crippen LogP contribution in [-0.4, -0.2) is 4.98 Å². The molecule has 0 saturated heterocycles. The fourth-order valence-electron chi connectivity index (χ4n) is 1.33. The smallest absolute Gasteiger partial charge is 0.138 e. The van der Waals surface area contributed by atoms with Gasteiger partial charge in [0, 0.05) is 10.7 Å². The highest BCUT2D eigenvalue weighted by Crippen LogP contribution is 2.18. The maximum atomic E-state index is 5.60. The molecule has 0 unspecified atom stereocenters. The van der Waals surface area contributed by atoms with Gasteiger partial charge in [-0.15, -0.1) is 0 Å². The predicted octanol–water partition coefficient (Wildman–Crippen LogP) is 3.73. The summed E-state index contributed by atoms with van der Waals surface area (Å²) in [7, 11) is 0. The van der Waals surface area contributed by atoms with Crippen LogP contribution in [0.15, 0.2) is 47.2 Å². The van der Waals surface area contributed by atoms with Gasteiger partial charge in [-0.1, -0.05) is 28.1 Å². The molecule has 2 aromatic rings. The van der Waals surface area contributed by atoms with Gasteiger partial charge in [-0.05, 0) is 36.2 Å². The normalized spacial score (nSPS) is 10.1. The molecule has 2 nitrogen and oxygen atoms in total. The standard InChI is InChI=1S/C13H12BrNO/c1-10-4-5-11(7-13(10)14)9-16-12-3-2-6-15-8-12/h2-8H,9H2,1H3. The summed E-state index contributed by atoms with van der Waals surface area (Å²) in [6, 6.07) is 9.98.